The van der Waals surface area contributed by atoms with Crippen molar-refractivity contribution in [3.05, 3.63) is 29.8 Å². The highest BCUT2D eigenvalue weighted by atomic mass is 16.5. The smallest absolute Gasteiger partial charge is 0.338 e. The molecule has 1 atom stereocenters. The summed E-state index contributed by atoms with van der Waals surface area (Å²) in [5.74, 6) is 0.0447. The average Bonchev–Trinajstić information content (AvgIpc) is 2.45. The fourth-order valence-corrected chi connectivity index (χ4v) is 1.64. The maximum absolute atomic E-state index is 11.7. The molecular formula is C16H23NO3. The van der Waals surface area contributed by atoms with E-state index in [4.69, 9.17) is 4.74 Å². The van der Waals surface area contributed by atoms with E-state index in [0.717, 1.165) is 12.8 Å². The number of amides is 1. The van der Waals surface area contributed by atoms with E-state index in [2.05, 4.69) is 12.2 Å². The lowest BCUT2D eigenvalue weighted by molar-refractivity contribution is -0.117. The summed E-state index contributed by atoms with van der Waals surface area (Å²) in [5, 5.41) is 2.83. The van der Waals surface area contributed by atoms with Crippen LogP contribution in [-0.4, -0.2) is 18.5 Å². The van der Waals surface area contributed by atoms with Gasteiger partial charge in [0.2, 0.25) is 5.91 Å². The number of esters is 1. The maximum atomic E-state index is 11.7. The zero-order valence-electron chi connectivity index (χ0n) is 12.4. The van der Waals surface area contributed by atoms with Gasteiger partial charge in [-0.1, -0.05) is 27.2 Å². The first-order valence-corrected chi connectivity index (χ1v) is 7.13. The molecule has 1 aromatic carbocycles. The number of carbonyl (C=O) groups is 2. The molecule has 0 aliphatic heterocycles. The molecule has 0 spiro atoms. The summed E-state index contributed by atoms with van der Waals surface area (Å²) in [6.07, 6.45) is 2.29. The molecular weight excluding hydrogens is 254 g/mol. The molecule has 4 nitrogen and oxygen atoms in total. The van der Waals surface area contributed by atoms with Crippen molar-refractivity contribution in [2.75, 3.05) is 11.9 Å². The molecule has 1 unspecified atom stereocenters. The molecule has 1 N–H and O–H groups in total. The number of ether oxygens (including phenoxy) is 1. The molecule has 0 heterocycles. The third-order valence-electron chi connectivity index (χ3n) is 3.07. The van der Waals surface area contributed by atoms with Crippen molar-refractivity contribution < 1.29 is 14.3 Å². The zero-order chi connectivity index (χ0) is 15.0. The minimum Gasteiger partial charge on any atom is -0.462 e. The molecule has 0 radical (unpaired) electrons. The van der Waals surface area contributed by atoms with Gasteiger partial charge in [-0.3, -0.25) is 4.79 Å². The second-order valence-corrected chi connectivity index (χ2v) is 4.98. The van der Waals surface area contributed by atoms with Crippen molar-refractivity contribution in [2.45, 2.75) is 40.0 Å². The van der Waals surface area contributed by atoms with Crippen molar-refractivity contribution in [3.8, 4) is 0 Å². The lowest BCUT2D eigenvalue weighted by atomic mass is 10.0. The summed E-state index contributed by atoms with van der Waals surface area (Å²) >= 11 is 0. The molecule has 4 heteroatoms. The second-order valence-electron chi connectivity index (χ2n) is 4.98. The highest BCUT2D eigenvalue weighted by Crippen LogP contribution is 2.13. The molecule has 0 fully saturated rings. The summed E-state index contributed by atoms with van der Waals surface area (Å²) in [7, 11) is 0. The van der Waals surface area contributed by atoms with Crippen molar-refractivity contribution in [3.63, 3.8) is 0 Å². The Hall–Kier alpha value is -1.84. The van der Waals surface area contributed by atoms with Gasteiger partial charge < -0.3 is 10.1 Å². The van der Waals surface area contributed by atoms with Crippen molar-refractivity contribution in [1.29, 1.82) is 0 Å². The Morgan fingerprint density at radius 2 is 1.85 bits per heavy atom. The zero-order valence-corrected chi connectivity index (χ0v) is 12.4. The molecule has 0 aliphatic rings. The van der Waals surface area contributed by atoms with Gasteiger partial charge in [-0.15, -0.1) is 0 Å². The van der Waals surface area contributed by atoms with Crippen LogP contribution in [0.15, 0.2) is 24.3 Å². The Morgan fingerprint density at radius 3 is 2.40 bits per heavy atom. The standard InChI is InChI=1S/C16H23NO3/c1-4-10-20-16(19)13-6-8-14(9-7-13)17-15(18)11-12(3)5-2/h6-9,12H,4-5,10-11H2,1-3H3,(H,17,18). The van der Waals surface area contributed by atoms with E-state index in [1.165, 1.54) is 0 Å². The first kappa shape index (κ1) is 16.2. The topological polar surface area (TPSA) is 55.4 Å². The van der Waals surface area contributed by atoms with Gasteiger partial charge in [0.05, 0.1) is 12.2 Å². The van der Waals surface area contributed by atoms with Crippen LogP contribution in [0.3, 0.4) is 0 Å². The van der Waals surface area contributed by atoms with E-state index in [9.17, 15) is 9.59 Å². The molecule has 1 rings (SSSR count). The third-order valence-corrected chi connectivity index (χ3v) is 3.07. The van der Waals surface area contributed by atoms with Crippen LogP contribution < -0.4 is 5.32 Å². The van der Waals surface area contributed by atoms with Gasteiger partial charge in [0.25, 0.3) is 0 Å². The molecule has 0 aromatic heterocycles. The van der Waals surface area contributed by atoms with E-state index in [0.29, 0.717) is 30.2 Å². The summed E-state index contributed by atoms with van der Waals surface area (Å²) in [4.78, 5) is 23.4. The molecule has 0 saturated carbocycles. The van der Waals surface area contributed by atoms with Gasteiger partial charge in [-0.05, 0) is 36.6 Å². The molecule has 0 aliphatic carbocycles. The number of anilines is 1. The quantitative estimate of drug-likeness (QED) is 0.774. The Kier molecular flexibility index (Phi) is 6.77. The van der Waals surface area contributed by atoms with Crippen LogP contribution >= 0.6 is 0 Å². The van der Waals surface area contributed by atoms with Crippen molar-refractivity contribution in [2.24, 2.45) is 5.92 Å². The first-order chi connectivity index (χ1) is 9.56. The van der Waals surface area contributed by atoms with Gasteiger partial charge in [-0.2, -0.15) is 0 Å². The van der Waals surface area contributed by atoms with Gasteiger partial charge in [0.15, 0.2) is 0 Å². The number of hydrogen-bond acceptors (Lipinski definition) is 3. The van der Waals surface area contributed by atoms with Crippen LogP contribution in [-0.2, 0) is 9.53 Å². The van der Waals surface area contributed by atoms with Gasteiger partial charge in [-0.25, -0.2) is 4.79 Å². The van der Waals surface area contributed by atoms with Gasteiger partial charge in [0, 0.05) is 12.1 Å². The lowest BCUT2D eigenvalue weighted by Gasteiger charge is -2.09. The van der Waals surface area contributed by atoms with Crippen molar-refractivity contribution in [1.82, 2.24) is 0 Å². The second kappa shape index (κ2) is 8.35. The number of benzene rings is 1. The van der Waals surface area contributed by atoms with Crippen molar-refractivity contribution >= 4 is 17.6 Å². The Bertz CT molecular complexity index is 440. The highest BCUT2D eigenvalue weighted by molar-refractivity contribution is 5.93. The summed E-state index contributed by atoms with van der Waals surface area (Å²) in [6, 6.07) is 6.77. The normalized spacial score (nSPS) is 11.8. The molecule has 20 heavy (non-hydrogen) atoms. The van der Waals surface area contributed by atoms with Gasteiger partial charge in [0.1, 0.15) is 0 Å². The van der Waals surface area contributed by atoms with Crippen LogP contribution in [0.4, 0.5) is 5.69 Å². The van der Waals surface area contributed by atoms with E-state index in [-0.39, 0.29) is 11.9 Å². The maximum Gasteiger partial charge on any atom is 0.338 e. The molecule has 110 valence electrons. The predicted octanol–water partition coefficient (Wildman–Crippen LogP) is 3.63. The van der Waals surface area contributed by atoms with E-state index in [1.807, 2.05) is 13.8 Å². The lowest BCUT2D eigenvalue weighted by Crippen LogP contribution is -2.15. The predicted molar refractivity (Wildman–Crippen MR) is 79.7 cm³/mol. The minimum atomic E-state index is -0.329. The Balaban J connectivity index is 2.54. The van der Waals surface area contributed by atoms with Crippen LogP contribution in [0.5, 0.6) is 0 Å². The molecule has 0 bridgehead atoms. The number of hydrogen-bond donors (Lipinski definition) is 1. The number of carbonyl (C=O) groups excluding carboxylic acids is 2. The van der Waals surface area contributed by atoms with Gasteiger partial charge >= 0.3 is 5.97 Å². The van der Waals surface area contributed by atoms with Crippen LogP contribution in [0.25, 0.3) is 0 Å². The van der Waals surface area contributed by atoms with Crippen LogP contribution in [0.2, 0.25) is 0 Å². The fraction of sp³-hybridized carbons (Fsp3) is 0.500. The average molecular weight is 277 g/mol. The van der Waals surface area contributed by atoms with Crippen LogP contribution in [0, 0.1) is 5.92 Å². The molecule has 0 saturated heterocycles. The van der Waals surface area contributed by atoms with E-state index >= 15 is 0 Å². The fourth-order valence-electron chi connectivity index (χ4n) is 1.64. The third kappa shape index (κ3) is 5.43. The SMILES string of the molecule is CCCOC(=O)c1ccc(NC(=O)CC(C)CC)cc1. The largest absolute Gasteiger partial charge is 0.462 e. The Labute approximate surface area is 120 Å². The first-order valence-electron chi connectivity index (χ1n) is 7.13. The molecule has 1 amide bonds. The minimum absolute atomic E-state index is 0.000611. The van der Waals surface area contributed by atoms with Crippen LogP contribution in [0.1, 0.15) is 50.4 Å². The monoisotopic (exact) mass is 277 g/mol. The summed E-state index contributed by atoms with van der Waals surface area (Å²) in [6.45, 7) is 6.48. The van der Waals surface area contributed by atoms with E-state index < -0.39 is 0 Å². The number of nitrogens with one attached hydrogen (secondary N) is 1. The number of rotatable bonds is 7. The van der Waals surface area contributed by atoms with E-state index in [1.54, 1.807) is 24.3 Å². The summed E-state index contributed by atoms with van der Waals surface area (Å²) in [5.41, 5.74) is 1.20. The Morgan fingerprint density at radius 1 is 1.20 bits per heavy atom. The molecule has 1 aromatic rings. The highest BCUT2D eigenvalue weighted by Gasteiger charge is 2.09. The summed E-state index contributed by atoms with van der Waals surface area (Å²) < 4.78 is 5.04.